The highest BCUT2D eigenvalue weighted by molar-refractivity contribution is 7.88. The fraction of sp³-hybridized carbons (Fsp3) is 0.533. The largest absolute Gasteiger partial charge is 0.354 e. The first-order valence-corrected chi connectivity index (χ1v) is 8.74. The number of nitrogens with zero attached hydrogens (tertiary/aromatic N) is 1. The van der Waals surface area contributed by atoms with Crippen molar-refractivity contribution in [2.45, 2.75) is 32.7 Å². The van der Waals surface area contributed by atoms with E-state index in [-0.39, 0.29) is 12.5 Å². The van der Waals surface area contributed by atoms with Crippen LogP contribution in [0.2, 0.25) is 0 Å². The maximum absolute atomic E-state index is 11.8. The van der Waals surface area contributed by atoms with Crippen LogP contribution in [0.25, 0.3) is 0 Å². The van der Waals surface area contributed by atoms with E-state index in [9.17, 15) is 13.2 Å². The molecule has 0 spiro atoms. The molecule has 5 nitrogen and oxygen atoms in total. The van der Waals surface area contributed by atoms with Crippen molar-refractivity contribution < 1.29 is 13.2 Å². The standard InChI is InChI=1S/C15H24N2O3S/c1-15(2,3)17(21(4,19)20)11-10-16-14(18)12-13-8-6-5-7-9-13/h5-9H,10-12H2,1-4H3,(H,16,18). The molecule has 1 aromatic carbocycles. The number of nitrogens with one attached hydrogen (secondary N) is 1. The zero-order valence-corrected chi connectivity index (χ0v) is 13.9. The molecule has 0 saturated heterocycles. The Morgan fingerprint density at radius 1 is 1.19 bits per heavy atom. The lowest BCUT2D eigenvalue weighted by atomic mass is 10.1. The van der Waals surface area contributed by atoms with Gasteiger partial charge in [-0.05, 0) is 26.3 Å². The van der Waals surface area contributed by atoms with Gasteiger partial charge >= 0.3 is 0 Å². The molecule has 6 heteroatoms. The van der Waals surface area contributed by atoms with Gasteiger partial charge in [-0.3, -0.25) is 4.79 Å². The fourth-order valence-corrected chi connectivity index (χ4v) is 3.56. The molecule has 0 unspecified atom stereocenters. The molecular formula is C15H24N2O3S. The van der Waals surface area contributed by atoms with Crippen LogP contribution in [-0.2, 0) is 21.2 Å². The van der Waals surface area contributed by atoms with Crippen LogP contribution < -0.4 is 5.32 Å². The van der Waals surface area contributed by atoms with Crippen LogP contribution >= 0.6 is 0 Å². The minimum absolute atomic E-state index is 0.108. The van der Waals surface area contributed by atoms with E-state index >= 15 is 0 Å². The molecule has 0 aliphatic rings. The molecule has 21 heavy (non-hydrogen) atoms. The second-order valence-electron chi connectivity index (χ2n) is 6.02. The maximum atomic E-state index is 11.8. The van der Waals surface area contributed by atoms with E-state index in [1.807, 2.05) is 51.1 Å². The first kappa shape index (κ1) is 17.7. The molecule has 0 aliphatic heterocycles. The summed E-state index contributed by atoms with van der Waals surface area (Å²) in [5.41, 5.74) is 0.434. The van der Waals surface area contributed by atoms with E-state index in [4.69, 9.17) is 0 Å². The average Bonchev–Trinajstić information content (AvgIpc) is 2.32. The number of benzene rings is 1. The molecule has 0 fully saturated rings. The lowest BCUT2D eigenvalue weighted by Gasteiger charge is -2.33. The van der Waals surface area contributed by atoms with Gasteiger partial charge in [0.1, 0.15) is 0 Å². The highest BCUT2D eigenvalue weighted by Crippen LogP contribution is 2.16. The summed E-state index contributed by atoms with van der Waals surface area (Å²) in [6, 6.07) is 9.44. The van der Waals surface area contributed by atoms with E-state index in [1.54, 1.807) is 0 Å². The molecule has 1 amide bonds. The van der Waals surface area contributed by atoms with Crippen LogP contribution in [0.1, 0.15) is 26.3 Å². The Hall–Kier alpha value is -1.40. The van der Waals surface area contributed by atoms with Crippen LogP contribution in [-0.4, -0.2) is 43.5 Å². The number of sulfonamides is 1. The number of carbonyl (C=O) groups is 1. The summed E-state index contributed by atoms with van der Waals surface area (Å²) in [5, 5.41) is 2.76. The van der Waals surface area contributed by atoms with Gasteiger partial charge in [0, 0.05) is 18.6 Å². The topological polar surface area (TPSA) is 66.5 Å². The van der Waals surface area contributed by atoms with Crippen LogP contribution in [0.3, 0.4) is 0 Å². The number of amides is 1. The molecule has 1 aromatic rings. The lowest BCUT2D eigenvalue weighted by molar-refractivity contribution is -0.120. The minimum Gasteiger partial charge on any atom is -0.354 e. The Bertz CT molecular complexity index is 562. The summed E-state index contributed by atoms with van der Waals surface area (Å²) < 4.78 is 24.9. The van der Waals surface area contributed by atoms with Crippen molar-refractivity contribution in [1.82, 2.24) is 9.62 Å². The van der Waals surface area contributed by atoms with Crippen molar-refractivity contribution >= 4 is 15.9 Å². The molecule has 1 rings (SSSR count). The first-order valence-electron chi connectivity index (χ1n) is 6.89. The van der Waals surface area contributed by atoms with Crippen molar-refractivity contribution in [2.24, 2.45) is 0 Å². The molecule has 1 N–H and O–H groups in total. The second kappa shape index (κ2) is 7.04. The van der Waals surface area contributed by atoms with Crippen molar-refractivity contribution in [1.29, 1.82) is 0 Å². The van der Waals surface area contributed by atoms with Crippen LogP contribution in [0.4, 0.5) is 0 Å². The van der Waals surface area contributed by atoms with Crippen molar-refractivity contribution in [3.05, 3.63) is 35.9 Å². The predicted molar refractivity (Wildman–Crippen MR) is 84.5 cm³/mol. The summed E-state index contributed by atoms with van der Waals surface area (Å²) in [7, 11) is -3.30. The third-order valence-electron chi connectivity index (χ3n) is 2.99. The molecule has 0 saturated carbocycles. The van der Waals surface area contributed by atoms with E-state index in [2.05, 4.69) is 5.32 Å². The van der Waals surface area contributed by atoms with E-state index in [0.717, 1.165) is 5.56 Å². The molecule has 0 radical (unpaired) electrons. The molecule has 0 aliphatic carbocycles. The number of rotatable bonds is 6. The van der Waals surface area contributed by atoms with Crippen molar-refractivity contribution in [2.75, 3.05) is 19.3 Å². The quantitative estimate of drug-likeness (QED) is 0.863. The van der Waals surface area contributed by atoms with E-state index in [1.165, 1.54) is 10.6 Å². The summed E-state index contributed by atoms with van der Waals surface area (Å²) in [4.78, 5) is 11.8. The highest BCUT2D eigenvalue weighted by atomic mass is 32.2. The Labute approximate surface area is 127 Å². The van der Waals surface area contributed by atoms with Crippen molar-refractivity contribution in [3.63, 3.8) is 0 Å². The van der Waals surface area contributed by atoms with E-state index in [0.29, 0.717) is 13.0 Å². The van der Waals surface area contributed by atoms with Gasteiger partial charge in [-0.1, -0.05) is 30.3 Å². The molecule has 118 valence electrons. The highest BCUT2D eigenvalue weighted by Gasteiger charge is 2.28. The van der Waals surface area contributed by atoms with E-state index < -0.39 is 15.6 Å². The molecule has 0 atom stereocenters. The third kappa shape index (κ3) is 6.27. The van der Waals surface area contributed by atoms with Gasteiger partial charge in [0.15, 0.2) is 0 Å². The molecule has 0 heterocycles. The number of hydrogen-bond acceptors (Lipinski definition) is 3. The SMILES string of the molecule is CC(C)(C)N(CCNC(=O)Cc1ccccc1)S(C)(=O)=O. The van der Waals surface area contributed by atoms with Gasteiger partial charge < -0.3 is 5.32 Å². The molecule has 0 bridgehead atoms. The number of hydrogen-bond donors (Lipinski definition) is 1. The first-order chi connectivity index (χ1) is 9.60. The number of carbonyl (C=O) groups excluding carboxylic acids is 1. The van der Waals surface area contributed by atoms with Crippen LogP contribution in [0.15, 0.2) is 30.3 Å². The van der Waals surface area contributed by atoms with Gasteiger partial charge in [0.2, 0.25) is 15.9 Å². The Balaban J connectivity index is 2.50. The predicted octanol–water partition coefficient (Wildman–Crippen LogP) is 1.41. The van der Waals surface area contributed by atoms with Gasteiger partial charge in [-0.25, -0.2) is 8.42 Å². The molecule has 0 aromatic heterocycles. The summed E-state index contributed by atoms with van der Waals surface area (Å²) >= 11 is 0. The van der Waals surface area contributed by atoms with Gasteiger partial charge in [-0.15, -0.1) is 0 Å². The normalized spacial score (nSPS) is 12.4. The monoisotopic (exact) mass is 312 g/mol. The zero-order chi connectivity index (χ0) is 16.1. The molecular weight excluding hydrogens is 288 g/mol. The van der Waals surface area contributed by atoms with Crippen LogP contribution in [0, 0.1) is 0 Å². The Morgan fingerprint density at radius 3 is 2.24 bits per heavy atom. The Morgan fingerprint density at radius 2 is 1.76 bits per heavy atom. The van der Waals surface area contributed by atoms with Crippen molar-refractivity contribution in [3.8, 4) is 0 Å². The minimum atomic E-state index is -3.30. The fourth-order valence-electron chi connectivity index (χ4n) is 2.14. The van der Waals surface area contributed by atoms with Crippen LogP contribution in [0.5, 0.6) is 0 Å². The van der Waals surface area contributed by atoms with Gasteiger partial charge in [0.05, 0.1) is 12.7 Å². The summed E-state index contributed by atoms with van der Waals surface area (Å²) in [5.74, 6) is -0.108. The lowest BCUT2D eigenvalue weighted by Crippen LogP contribution is -2.48. The van der Waals surface area contributed by atoms with Gasteiger partial charge in [0.25, 0.3) is 0 Å². The Kier molecular flexibility index (Phi) is 5.92. The average molecular weight is 312 g/mol. The summed E-state index contributed by atoms with van der Waals surface area (Å²) in [6.07, 6.45) is 1.49. The van der Waals surface area contributed by atoms with Gasteiger partial charge in [-0.2, -0.15) is 4.31 Å². The maximum Gasteiger partial charge on any atom is 0.224 e. The summed E-state index contributed by atoms with van der Waals surface area (Å²) in [6.45, 7) is 6.07. The third-order valence-corrected chi connectivity index (χ3v) is 4.52. The zero-order valence-electron chi connectivity index (χ0n) is 13.1. The second-order valence-corrected chi connectivity index (χ2v) is 7.93. The smallest absolute Gasteiger partial charge is 0.224 e.